The number of carbonyl (C=O) groups excluding carboxylic acids is 1. The molecule has 1 heterocycles. The summed E-state index contributed by atoms with van der Waals surface area (Å²) in [6.07, 6.45) is 0. The Kier molecular flexibility index (Phi) is 4.02. The minimum atomic E-state index is -0.461. The molecular weight excluding hydrogens is 394 g/mol. The Bertz CT molecular complexity index is 578. The lowest BCUT2D eigenvalue weighted by molar-refractivity contribution is 0.104. The smallest absolute Gasteiger partial charge is 0.203 e. The molecule has 0 aliphatic carbocycles. The Balaban J connectivity index is 2.40. The summed E-state index contributed by atoms with van der Waals surface area (Å²) in [4.78, 5) is 12.5. The molecule has 88 valence electrons. The first kappa shape index (κ1) is 13.2. The molecule has 0 N–H and O–H groups in total. The third-order valence-corrected chi connectivity index (χ3v) is 5.17. The molecule has 0 aliphatic rings. The molecule has 0 amide bonds. The molecule has 17 heavy (non-hydrogen) atoms. The minimum Gasteiger partial charge on any atom is -0.288 e. The highest BCUT2D eigenvalue weighted by Crippen LogP contribution is 2.33. The van der Waals surface area contributed by atoms with E-state index >= 15 is 0 Å². The Morgan fingerprint density at radius 3 is 2.53 bits per heavy atom. The fourth-order valence-corrected chi connectivity index (χ4v) is 3.15. The predicted molar refractivity (Wildman–Crippen MR) is 74.6 cm³/mol. The second-order valence-corrected chi connectivity index (χ2v) is 6.82. The molecule has 0 aliphatic heterocycles. The number of hydrogen-bond donors (Lipinski definition) is 0. The Morgan fingerprint density at radius 1 is 1.29 bits per heavy atom. The predicted octanol–water partition coefficient (Wildman–Crippen LogP) is 5.30. The van der Waals surface area contributed by atoms with Crippen molar-refractivity contribution in [3.05, 3.63) is 53.8 Å². The third-order valence-electron chi connectivity index (χ3n) is 2.05. The topological polar surface area (TPSA) is 17.1 Å². The molecule has 0 radical (unpaired) electrons. The van der Waals surface area contributed by atoms with Gasteiger partial charge in [-0.05, 0) is 56.1 Å². The Hall–Kier alpha value is -0.230. The van der Waals surface area contributed by atoms with Crippen molar-refractivity contribution in [1.82, 2.24) is 0 Å². The van der Waals surface area contributed by atoms with Crippen molar-refractivity contribution in [2.75, 3.05) is 0 Å². The summed E-state index contributed by atoms with van der Waals surface area (Å²) in [5, 5.41) is 0.482. The summed E-state index contributed by atoms with van der Waals surface area (Å²) < 4.78 is 14.3. The molecule has 0 bridgehead atoms. The summed E-state index contributed by atoms with van der Waals surface area (Å²) in [5.41, 5.74) is 0.302. The molecule has 0 atom stereocenters. The van der Waals surface area contributed by atoms with Crippen LogP contribution >= 0.6 is 54.8 Å². The van der Waals surface area contributed by atoms with Crippen molar-refractivity contribution < 1.29 is 9.18 Å². The second-order valence-electron chi connectivity index (χ2n) is 3.19. The standard InChI is InChI=1S/C11H4Br2ClFOS/c12-6-2-1-5(3-8(6)15)10(16)9-4-7(14)11(13)17-9/h1-4H. The van der Waals surface area contributed by atoms with Crippen LogP contribution in [0.25, 0.3) is 0 Å². The average molecular weight is 398 g/mol. The third kappa shape index (κ3) is 2.78. The van der Waals surface area contributed by atoms with Gasteiger partial charge in [-0.25, -0.2) is 4.39 Å². The quantitative estimate of drug-likeness (QED) is 0.628. The van der Waals surface area contributed by atoms with E-state index in [1.54, 1.807) is 12.1 Å². The maximum atomic E-state index is 13.3. The molecule has 0 saturated heterocycles. The summed E-state index contributed by atoms with van der Waals surface area (Å²) >= 11 is 13.3. The van der Waals surface area contributed by atoms with E-state index in [0.29, 0.717) is 23.7 Å². The van der Waals surface area contributed by atoms with Gasteiger partial charge in [0.15, 0.2) is 0 Å². The van der Waals surface area contributed by atoms with Gasteiger partial charge in [-0.2, -0.15) is 0 Å². The number of ketones is 1. The maximum absolute atomic E-state index is 13.3. The van der Waals surface area contributed by atoms with Crippen molar-refractivity contribution in [2.45, 2.75) is 0 Å². The minimum absolute atomic E-state index is 0.242. The van der Waals surface area contributed by atoms with Gasteiger partial charge in [0.05, 0.1) is 18.2 Å². The summed E-state index contributed by atoms with van der Waals surface area (Å²) in [5.74, 6) is -0.702. The highest BCUT2D eigenvalue weighted by atomic mass is 79.9. The zero-order valence-corrected chi connectivity index (χ0v) is 12.9. The molecule has 0 fully saturated rings. The number of hydrogen-bond acceptors (Lipinski definition) is 2. The van der Waals surface area contributed by atoms with Crippen molar-refractivity contribution >= 4 is 60.6 Å². The van der Waals surface area contributed by atoms with E-state index in [4.69, 9.17) is 11.6 Å². The summed E-state index contributed by atoms with van der Waals surface area (Å²) in [7, 11) is 0. The molecule has 6 heteroatoms. The number of halogens is 4. The summed E-state index contributed by atoms with van der Waals surface area (Å²) in [6.45, 7) is 0. The van der Waals surface area contributed by atoms with E-state index < -0.39 is 5.82 Å². The van der Waals surface area contributed by atoms with Crippen LogP contribution in [0, 0.1) is 5.82 Å². The van der Waals surface area contributed by atoms with Crippen molar-refractivity contribution in [2.24, 2.45) is 0 Å². The number of benzene rings is 1. The lowest BCUT2D eigenvalue weighted by Crippen LogP contribution is -1.99. The normalized spacial score (nSPS) is 10.6. The van der Waals surface area contributed by atoms with E-state index in [2.05, 4.69) is 31.9 Å². The van der Waals surface area contributed by atoms with Gasteiger partial charge in [-0.15, -0.1) is 11.3 Å². The van der Waals surface area contributed by atoms with Crippen LogP contribution in [0.4, 0.5) is 4.39 Å². The lowest BCUT2D eigenvalue weighted by atomic mass is 10.1. The van der Waals surface area contributed by atoms with E-state index in [0.717, 1.165) is 0 Å². The largest absolute Gasteiger partial charge is 0.288 e. The fraction of sp³-hybridized carbons (Fsp3) is 0. The van der Waals surface area contributed by atoms with Crippen LogP contribution in [0.1, 0.15) is 15.2 Å². The van der Waals surface area contributed by atoms with Gasteiger partial charge in [0.25, 0.3) is 0 Å². The van der Waals surface area contributed by atoms with Crippen molar-refractivity contribution in [3.63, 3.8) is 0 Å². The molecule has 1 aromatic heterocycles. The van der Waals surface area contributed by atoms with Crippen LogP contribution in [-0.2, 0) is 0 Å². The summed E-state index contributed by atoms with van der Waals surface area (Å²) in [6, 6.07) is 5.84. The van der Waals surface area contributed by atoms with Crippen LogP contribution in [0.2, 0.25) is 5.02 Å². The second kappa shape index (κ2) is 5.18. The Labute approximate surface area is 123 Å². The first-order chi connectivity index (χ1) is 7.99. The van der Waals surface area contributed by atoms with Crippen molar-refractivity contribution in [1.29, 1.82) is 0 Å². The van der Waals surface area contributed by atoms with Gasteiger partial charge < -0.3 is 0 Å². The van der Waals surface area contributed by atoms with Crippen molar-refractivity contribution in [3.8, 4) is 0 Å². The lowest BCUT2D eigenvalue weighted by Gasteiger charge is -1.99. The average Bonchev–Trinajstić information content (AvgIpc) is 2.62. The van der Waals surface area contributed by atoms with E-state index in [1.165, 1.54) is 23.5 Å². The zero-order chi connectivity index (χ0) is 12.6. The van der Waals surface area contributed by atoms with Crippen LogP contribution in [0.15, 0.2) is 32.5 Å². The SMILES string of the molecule is O=C(c1ccc(Br)c(F)c1)c1cc(Cl)c(Br)s1. The molecule has 1 nitrogen and oxygen atoms in total. The fourth-order valence-electron chi connectivity index (χ4n) is 1.24. The molecule has 0 spiro atoms. The van der Waals surface area contributed by atoms with E-state index in [9.17, 15) is 9.18 Å². The van der Waals surface area contributed by atoms with E-state index in [1.807, 2.05) is 0 Å². The van der Waals surface area contributed by atoms with Crippen LogP contribution in [-0.4, -0.2) is 5.78 Å². The first-order valence-corrected chi connectivity index (χ1v) is 7.21. The van der Waals surface area contributed by atoms with Crippen LogP contribution in [0.5, 0.6) is 0 Å². The molecule has 1 aromatic carbocycles. The monoisotopic (exact) mass is 396 g/mol. The Morgan fingerprint density at radius 2 is 2.00 bits per heavy atom. The molecule has 0 unspecified atom stereocenters. The molecule has 2 aromatic rings. The highest BCUT2D eigenvalue weighted by Gasteiger charge is 2.15. The van der Waals surface area contributed by atoms with Crippen LogP contribution < -0.4 is 0 Å². The highest BCUT2D eigenvalue weighted by molar-refractivity contribution is 9.11. The van der Waals surface area contributed by atoms with Gasteiger partial charge in [0.1, 0.15) is 5.82 Å². The number of rotatable bonds is 2. The van der Waals surface area contributed by atoms with Crippen LogP contribution in [0.3, 0.4) is 0 Å². The first-order valence-electron chi connectivity index (χ1n) is 4.43. The number of thiophene rings is 1. The van der Waals surface area contributed by atoms with Gasteiger partial charge in [0.2, 0.25) is 5.78 Å². The van der Waals surface area contributed by atoms with Gasteiger partial charge in [-0.3, -0.25) is 4.79 Å². The van der Waals surface area contributed by atoms with Gasteiger partial charge >= 0.3 is 0 Å². The van der Waals surface area contributed by atoms with E-state index in [-0.39, 0.29) is 5.78 Å². The molecule has 0 saturated carbocycles. The maximum Gasteiger partial charge on any atom is 0.203 e. The molecule has 2 rings (SSSR count). The van der Waals surface area contributed by atoms with Gasteiger partial charge in [-0.1, -0.05) is 11.6 Å². The number of carbonyl (C=O) groups is 1. The zero-order valence-electron chi connectivity index (χ0n) is 8.14. The van der Waals surface area contributed by atoms with Gasteiger partial charge in [0, 0.05) is 5.56 Å². The molecular formula is C11H4Br2ClFOS.